The molecule has 3 aromatic rings. The average Bonchev–Trinajstić information content (AvgIpc) is 3.13. The van der Waals surface area contributed by atoms with E-state index in [0.717, 1.165) is 5.56 Å². The van der Waals surface area contributed by atoms with Gasteiger partial charge in [-0.3, -0.25) is 9.48 Å². The quantitative estimate of drug-likeness (QED) is 0.806. The molecule has 0 radical (unpaired) electrons. The van der Waals surface area contributed by atoms with Crippen LogP contribution in [0.3, 0.4) is 0 Å². The van der Waals surface area contributed by atoms with Gasteiger partial charge >= 0.3 is 0 Å². The molecule has 0 aliphatic rings. The van der Waals surface area contributed by atoms with Gasteiger partial charge in [-0.05, 0) is 23.8 Å². The van der Waals surface area contributed by atoms with Crippen LogP contribution in [-0.2, 0) is 13.6 Å². The molecular weight excluding hydrogens is 285 g/mol. The Labute approximate surface area is 126 Å². The van der Waals surface area contributed by atoms with E-state index in [2.05, 4.69) is 10.4 Å². The van der Waals surface area contributed by atoms with E-state index in [0.29, 0.717) is 16.8 Å². The summed E-state index contributed by atoms with van der Waals surface area (Å²) >= 11 is 0. The molecule has 1 N–H and O–H groups in total. The Kier molecular flexibility index (Phi) is 3.74. The first-order valence-electron chi connectivity index (χ1n) is 6.72. The number of amides is 1. The van der Waals surface area contributed by atoms with Crippen LogP contribution >= 0.6 is 0 Å². The molecule has 1 aromatic carbocycles. The fourth-order valence-electron chi connectivity index (χ4n) is 2.19. The highest BCUT2D eigenvalue weighted by Crippen LogP contribution is 2.22. The molecule has 0 spiro atoms. The minimum Gasteiger partial charge on any atom is -0.472 e. The van der Waals surface area contributed by atoms with Gasteiger partial charge in [-0.1, -0.05) is 12.1 Å². The molecule has 3 rings (SSSR count). The molecule has 0 saturated heterocycles. The first-order chi connectivity index (χ1) is 10.6. The second-order valence-electron chi connectivity index (χ2n) is 4.89. The number of carbonyl (C=O) groups excluding carboxylic acids is 1. The van der Waals surface area contributed by atoms with Gasteiger partial charge in [0.1, 0.15) is 11.5 Å². The fraction of sp³-hybridized carbons (Fsp3) is 0.125. The van der Waals surface area contributed by atoms with Crippen LogP contribution in [0.25, 0.3) is 11.3 Å². The number of nitrogens with zero attached hydrogens (tertiary/aromatic N) is 2. The van der Waals surface area contributed by atoms with Crippen LogP contribution in [0.2, 0.25) is 0 Å². The number of rotatable bonds is 4. The van der Waals surface area contributed by atoms with Gasteiger partial charge in [0.05, 0.1) is 18.1 Å². The topological polar surface area (TPSA) is 60.1 Å². The largest absolute Gasteiger partial charge is 0.472 e. The molecule has 5 nitrogen and oxygen atoms in total. The van der Waals surface area contributed by atoms with Gasteiger partial charge in [0.25, 0.3) is 5.91 Å². The maximum Gasteiger partial charge on any atom is 0.255 e. The third kappa shape index (κ3) is 2.90. The lowest BCUT2D eigenvalue weighted by molar-refractivity contribution is 0.0951. The standard InChI is InChI=1S/C16H14FN3O2/c1-20-9-14(15(19-20)12-5-6-22-10-12)16(21)18-8-11-3-2-4-13(17)7-11/h2-7,9-10H,8H2,1H3,(H,18,21). The number of halogens is 1. The summed E-state index contributed by atoms with van der Waals surface area (Å²) in [4.78, 5) is 12.3. The van der Waals surface area contributed by atoms with Crippen LogP contribution in [0.1, 0.15) is 15.9 Å². The SMILES string of the molecule is Cn1cc(C(=O)NCc2cccc(F)c2)c(-c2ccoc2)n1. The number of hydrogen-bond donors (Lipinski definition) is 1. The van der Waals surface area contributed by atoms with Crippen molar-refractivity contribution in [3.8, 4) is 11.3 Å². The summed E-state index contributed by atoms with van der Waals surface area (Å²) < 4.78 is 19.7. The Hall–Kier alpha value is -2.89. The Balaban J connectivity index is 1.78. The van der Waals surface area contributed by atoms with Gasteiger partial charge in [-0.25, -0.2) is 4.39 Å². The van der Waals surface area contributed by atoms with Crippen LogP contribution < -0.4 is 5.32 Å². The van der Waals surface area contributed by atoms with Crippen molar-refractivity contribution in [3.63, 3.8) is 0 Å². The molecular formula is C16H14FN3O2. The molecule has 22 heavy (non-hydrogen) atoms. The Morgan fingerprint density at radius 1 is 1.41 bits per heavy atom. The van der Waals surface area contributed by atoms with Crippen molar-refractivity contribution < 1.29 is 13.6 Å². The number of aryl methyl sites for hydroxylation is 1. The molecule has 0 aliphatic carbocycles. The molecule has 6 heteroatoms. The van der Waals surface area contributed by atoms with Crippen molar-refractivity contribution in [1.82, 2.24) is 15.1 Å². The first-order valence-corrected chi connectivity index (χ1v) is 6.72. The molecule has 2 aromatic heterocycles. The van der Waals surface area contributed by atoms with Crippen molar-refractivity contribution in [1.29, 1.82) is 0 Å². The van der Waals surface area contributed by atoms with E-state index in [4.69, 9.17) is 4.42 Å². The summed E-state index contributed by atoms with van der Waals surface area (Å²) in [6.45, 7) is 0.246. The van der Waals surface area contributed by atoms with Crippen molar-refractivity contribution in [3.05, 3.63) is 66.0 Å². The number of hydrogen-bond acceptors (Lipinski definition) is 3. The maximum absolute atomic E-state index is 13.1. The zero-order valence-corrected chi connectivity index (χ0v) is 11.9. The second kappa shape index (κ2) is 5.85. The van der Waals surface area contributed by atoms with E-state index in [-0.39, 0.29) is 18.3 Å². The summed E-state index contributed by atoms with van der Waals surface area (Å²) in [6, 6.07) is 7.86. The van der Waals surface area contributed by atoms with Crippen molar-refractivity contribution in [2.45, 2.75) is 6.54 Å². The Bertz CT molecular complexity index is 794. The molecule has 0 bridgehead atoms. The molecule has 1 amide bonds. The predicted octanol–water partition coefficient (Wildman–Crippen LogP) is 2.75. The molecule has 112 valence electrons. The fourth-order valence-corrected chi connectivity index (χ4v) is 2.19. The Morgan fingerprint density at radius 3 is 3.00 bits per heavy atom. The van der Waals surface area contributed by atoms with Crippen molar-refractivity contribution in [2.24, 2.45) is 7.05 Å². The highest BCUT2D eigenvalue weighted by atomic mass is 19.1. The van der Waals surface area contributed by atoms with Crippen LogP contribution in [0.15, 0.2) is 53.5 Å². The summed E-state index contributed by atoms with van der Waals surface area (Å²) in [5, 5.41) is 7.05. The zero-order valence-electron chi connectivity index (χ0n) is 11.9. The lowest BCUT2D eigenvalue weighted by Gasteiger charge is -2.05. The Morgan fingerprint density at radius 2 is 2.27 bits per heavy atom. The smallest absolute Gasteiger partial charge is 0.255 e. The predicted molar refractivity (Wildman–Crippen MR) is 78.5 cm³/mol. The van der Waals surface area contributed by atoms with E-state index in [1.165, 1.54) is 24.7 Å². The third-order valence-electron chi connectivity index (χ3n) is 3.21. The minimum absolute atomic E-state index is 0.246. The van der Waals surface area contributed by atoms with Gasteiger partial charge in [-0.2, -0.15) is 5.10 Å². The van der Waals surface area contributed by atoms with Crippen LogP contribution in [0.5, 0.6) is 0 Å². The first kappa shape index (κ1) is 14.1. The van der Waals surface area contributed by atoms with E-state index >= 15 is 0 Å². The van der Waals surface area contributed by atoms with Gasteiger partial charge in [-0.15, -0.1) is 0 Å². The van der Waals surface area contributed by atoms with Gasteiger partial charge in [0.2, 0.25) is 0 Å². The van der Waals surface area contributed by atoms with E-state index in [9.17, 15) is 9.18 Å². The molecule has 2 heterocycles. The van der Waals surface area contributed by atoms with Crippen LogP contribution in [0.4, 0.5) is 4.39 Å². The average molecular weight is 299 g/mol. The van der Waals surface area contributed by atoms with Crippen LogP contribution in [0, 0.1) is 5.82 Å². The summed E-state index contributed by atoms with van der Waals surface area (Å²) in [7, 11) is 1.74. The second-order valence-corrected chi connectivity index (χ2v) is 4.89. The number of carbonyl (C=O) groups is 1. The summed E-state index contributed by atoms with van der Waals surface area (Å²) in [6.07, 6.45) is 4.70. The normalized spacial score (nSPS) is 10.6. The highest BCUT2D eigenvalue weighted by molar-refractivity contribution is 5.99. The molecule has 0 fully saturated rings. The monoisotopic (exact) mass is 299 g/mol. The molecule has 0 saturated carbocycles. The van der Waals surface area contributed by atoms with E-state index in [1.807, 2.05) is 0 Å². The molecule has 0 unspecified atom stereocenters. The number of furan rings is 1. The number of nitrogens with one attached hydrogen (secondary N) is 1. The number of aromatic nitrogens is 2. The number of benzene rings is 1. The van der Waals surface area contributed by atoms with Gasteiger partial charge in [0.15, 0.2) is 0 Å². The molecule has 0 atom stereocenters. The minimum atomic E-state index is -0.327. The van der Waals surface area contributed by atoms with E-state index < -0.39 is 0 Å². The summed E-state index contributed by atoms with van der Waals surface area (Å²) in [5.74, 6) is -0.597. The lowest BCUT2D eigenvalue weighted by Crippen LogP contribution is -2.23. The molecule has 0 aliphatic heterocycles. The van der Waals surface area contributed by atoms with Gasteiger partial charge < -0.3 is 9.73 Å². The van der Waals surface area contributed by atoms with Crippen molar-refractivity contribution >= 4 is 5.91 Å². The maximum atomic E-state index is 13.1. The lowest BCUT2D eigenvalue weighted by atomic mass is 10.1. The summed E-state index contributed by atoms with van der Waals surface area (Å²) in [5.41, 5.74) is 2.42. The van der Waals surface area contributed by atoms with Crippen molar-refractivity contribution in [2.75, 3.05) is 0 Å². The van der Waals surface area contributed by atoms with Gasteiger partial charge in [0, 0.05) is 25.4 Å². The van der Waals surface area contributed by atoms with Crippen LogP contribution in [-0.4, -0.2) is 15.7 Å². The van der Waals surface area contributed by atoms with E-state index in [1.54, 1.807) is 36.1 Å². The highest BCUT2D eigenvalue weighted by Gasteiger charge is 2.17. The third-order valence-corrected chi connectivity index (χ3v) is 3.21. The zero-order chi connectivity index (χ0) is 15.5.